The second-order valence-electron chi connectivity index (χ2n) is 6.40. The van der Waals surface area contributed by atoms with Crippen molar-refractivity contribution in [3.63, 3.8) is 0 Å². The van der Waals surface area contributed by atoms with Crippen LogP contribution in [-0.2, 0) is 12.8 Å². The number of halogens is 1. The fourth-order valence-corrected chi connectivity index (χ4v) is 5.00. The van der Waals surface area contributed by atoms with Crippen LogP contribution in [0.25, 0.3) is 0 Å². The Labute approximate surface area is 175 Å². The van der Waals surface area contributed by atoms with Crippen molar-refractivity contribution in [2.45, 2.75) is 38.5 Å². The van der Waals surface area contributed by atoms with Crippen LogP contribution < -0.4 is 16.4 Å². The van der Waals surface area contributed by atoms with Gasteiger partial charge in [-0.15, -0.1) is 11.3 Å². The number of benzene rings is 1. The lowest BCUT2D eigenvalue weighted by atomic mass is 9.96. The molecule has 4 N–H and O–H groups in total. The molecule has 5 nitrogen and oxygen atoms in total. The first-order valence-electron chi connectivity index (χ1n) is 8.78. The van der Waals surface area contributed by atoms with Gasteiger partial charge in [0.1, 0.15) is 5.00 Å². The van der Waals surface area contributed by atoms with Crippen molar-refractivity contribution in [2.75, 3.05) is 5.32 Å². The maximum Gasteiger partial charge on any atom is 0.257 e. The molecule has 0 saturated heterocycles. The molecular weight excluding hydrogens is 446 g/mol. The highest BCUT2D eigenvalue weighted by molar-refractivity contribution is 9.10. The van der Waals surface area contributed by atoms with Gasteiger partial charge in [-0.05, 0) is 67.7 Å². The van der Waals surface area contributed by atoms with Gasteiger partial charge in [0.15, 0.2) is 5.11 Å². The Morgan fingerprint density at radius 2 is 1.74 bits per heavy atom. The highest BCUT2D eigenvalue weighted by Crippen LogP contribution is 2.36. The molecule has 142 valence electrons. The Morgan fingerprint density at radius 1 is 1.07 bits per heavy atom. The van der Waals surface area contributed by atoms with Gasteiger partial charge < -0.3 is 11.1 Å². The Balaban J connectivity index is 1.77. The van der Waals surface area contributed by atoms with Crippen molar-refractivity contribution in [3.8, 4) is 0 Å². The Morgan fingerprint density at radius 3 is 2.41 bits per heavy atom. The molecule has 0 saturated carbocycles. The van der Waals surface area contributed by atoms with E-state index in [0.29, 0.717) is 16.1 Å². The van der Waals surface area contributed by atoms with Crippen molar-refractivity contribution >= 4 is 61.4 Å². The number of anilines is 1. The normalized spacial score (nSPS) is 13.8. The molecule has 0 unspecified atom stereocenters. The highest BCUT2D eigenvalue weighted by Gasteiger charge is 2.23. The van der Waals surface area contributed by atoms with Crippen LogP contribution in [0.15, 0.2) is 28.7 Å². The summed E-state index contributed by atoms with van der Waals surface area (Å²) in [5.74, 6) is -0.770. The number of thiophene rings is 1. The minimum atomic E-state index is -0.461. The summed E-state index contributed by atoms with van der Waals surface area (Å²) in [6.45, 7) is 0. The van der Waals surface area contributed by atoms with Gasteiger partial charge in [0.2, 0.25) is 0 Å². The standard InChI is InChI=1S/C19H20BrN3O2S2/c20-12-9-7-11(8-10-12)17(25)22-19(26)23-18-15(16(21)24)13-5-3-1-2-4-6-14(13)27-18/h7-10H,1-6H2,(H2,21,24)(H2,22,23,25,26). The van der Waals surface area contributed by atoms with Crippen LogP contribution in [0.3, 0.4) is 0 Å². The molecule has 0 radical (unpaired) electrons. The third kappa shape index (κ3) is 4.94. The predicted octanol–water partition coefficient (Wildman–Crippen LogP) is 4.40. The quantitative estimate of drug-likeness (QED) is 0.586. The largest absolute Gasteiger partial charge is 0.365 e. The number of nitrogens with one attached hydrogen (secondary N) is 2. The average Bonchev–Trinajstić information content (AvgIpc) is 2.91. The monoisotopic (exact) mass is 465 g/mol. The molecule has 27 heavy (non-hydrogen) atoms. The lowest BCUT2D eigenvalue weighted by Crippen LogP contribution is -2.34. The van der Waals surface area contributed by atoms with E-state index < -0.39 is 5.91 Å². The predicted molar refractivity (Wildman–Crippen MR) is 117 cm³/mol. The van der Waals surface area contributed by atoms with Gasteiger partial charge in [-0.2, -0.15) is 0 Å². The maximum atomic E-state index is 12.3. The molecule has 2 aromatic rings. The molecule has 1 aromatic carbocycles. The molecule has 1 aliphatic rings. The van der Waals surface area contributed by atoms with Gasteiger partial charge in [-0.25, -0.2) is 0 Å². The van der Waals surface area contributed by atoms with Gasteiger partial charge in [-0.3, -0.25) is 14.9 Å². The summed E-state index contributed by atoms with van der Waals surface area (Å²) < 4.78 is 0.891. The van der Waals surface area contributed by atoms with Gasteiger partial charge >= 0.3 is 0 Å². The van der Waals surface area contributed by atoms with E-state index in [-0.39, 0.29) is 11.0 Å². The summed E-state index contributed by atoms with van der Waals surface area (Å²) in [5, 5.41) is 6.44. The number of nitrogens with two attached hydrogens (primary N) is 1. The summed E-state index contributed by atoms with van der Waals surface area (Å²) in [4.78, 5) is 25.6. The molecule has 0 bridgehead atoms. The summed E-state index contributed by atoms with van der Waals surface area (Å²) in [6.07, 6.45) is 6.32. The van der Waals surface area contributed by atoms with E-state index in [9.17, 15) is 9.59 Å². The zero-order chi connectivity index (χ0) is 19.4. The molecule has 3 rings (SSSR count). The van der Waals surface area contributed by atoms with E-state index in [1.165, 1.54) is 22.6 Å². The second-order valence-corrected chi connectivity index (χ2v) is 8.83. The maximum absolute atomic E-state index is 12.3. The first-order chi connectivity index (χ1) is 13.0. The minimum Gasteiger partial charge on any atom is -0.365 e. The average molecular weight is 466 g/mol. The number of carbonyl (C=O) groups is 2. The van der Waals surface area contributed by atoms with Gasteiger partial charge in [0, 0.05) is 14.9 Å². The van der Waals surface area contributed by atoms with Crippen LogP contribution in [0.2, 0.25) is 0 Å². The summed E-state index contributed by atoms with van der Waals surface area (Å²) in [6, 6.07) is 6.98. The fraction of sp³-hybridized carbons (Fsp3) is 0.316. The summed E-state index contributed by atoms with van der Waals surface area (Å²) in [7, 11) is 0. The van der Waals surface area contributed by atoms with Crippen molar-refractivity contribution < 1.29 is 9.59 Å². The molecule has 8 heteroatoms. The number of primary amides is 1. The third-order valence-corrected chi connectivity index (χ3v) is 6.42. The van der Waals surface area contributed by atoms with Crippen LogP contribution >= 0.6 is 39.5 Å². The fourth-order valence-electron chi connectivity index (χ4n) is 3.18. The van der Waals surface area contributed by atoms with Crippen molar-refractivity contribution in [1.29, 1.82) is 0 Å². The minimum absolute atomic E-state index is 0.152. The highest BCUT2D eigenvalue weighted by atomic mass is 79.9. The lowest BCUT2D eigenvalue weighted by Gasteiger charge is -2.11. The van der Waals surface area contributed by atoms with Crippen LogP contribution in [0, 0.1) is 0 Å². The smallest absolute Gasteiger partial charge is 0.257 e. The summed E-state index contributed by atoms with van der Waals surface area (Å²) >= 11 is 10.1. The molecule has 1 aliphatic carbocycles. The molecule has 0 aliphatic heterocycles. The van der Waals surface area contributed by atoms with E-state index in [2.05, 4.69) is 26.6 Å². The molecule has 0 spiro atoms. The van der Waals surface area contributed by atoms with Crippen molar-refractivity contribution in [3.05, 3.63) is 50.3 Å². The molecule has 1 aromatic heterocycles. The number of carbonyl (C=O) groups excluding carboxylic acids is 2. The van der Waals surface area contributed by atoms with E-state index in [1.807, 2.05) is 0 Å². The van der Waals surface area contributed by atoms with Gasteiger partial charge in [-0.1, -0.05) is 28.8 Å². The van der Waals surface area contributed by atoms with Crippen LogP contribution in [-0.4, -0.2) is 16.9 Å². The first kappa shape index (κ1) is 20.0. The van der Waals surface area contributed by atoms with Crippen molar-refractivity contribution in [2.24, 2.45) is 5.73 Å². The number of amides is 2. The van der Waals surface area contributed by atoms with E-state index in [4.69, 9.17) is 18.0 Å². The Bertz CT molecular complexity index is 878. The number of thiocarbonyl (C=S) groups is 1. The molecule has 0 fully saturated rings. The first-order valence-corrected chi connectivity index (χ1v) is 10.8. The van der Waals surface area contributed by atoms with Gasteiger partial charge in [0.05, 0.1) is 5.56 Å². The third-order valence-electron chi connectivity index (χ3n) is 4.48. The molecule has 1 heterocycles. The second kappa shape index (κ2) is 8.95. The topological polar surface area (TPSA) is 84.2 Å². The zero-order valence-corrected chi connectivity index (χ0v) is 17.9. The SMILES string of the molecule is NC(=O)c1c(NC(=S)NC(=O)c2ccc(Br)cc2)sc2c1CCCCCC2. The molecule has 0 atom stereocenters. The van der Waals surface area contributed by atoms with Gasteiger partial charge in [0.25, 0.3) is 11.8 Å². The number of aryl methyl sites for hydroxylation is 1. The Kier molecular flexibility index (Phi) is 6.62. The van der Waals surface area contributed by atoms with Crippen LogP contribution in [0.1, 0.15) is 56.8 Å². The number of rotatable bonds is 3. The lowest BCUT2D eigenvalue weighted by molar-refractivity contribution is 0.0975. The van der Waals surface area contributed by atoms with Crippen LogP contribution in [0.5, 0.6) is 0 Å². The summed E-state index contributed by atoms with van der Waals surface area (Å²) in [5.41, 5.74) is 7.69. The number of fused-ring (bicyclic) bond motifs is 1. The van der Waals surface area contributed by atoms with Crippen molar-refractivity contribution in [1.82, 2.24) is 5.32 Å². The number of hydrogen-bond acceptors (Lipinski definition) is 4. The molecule has 2 amide bonds. The van der Waals surface area contributed by atoms with Crippen LogP contribution in [0.4, 0.5) is 5.00 Å². The molecular formula is C19H20BrN3O2S2. The Hall–Kier alpha value is -1.77. The van der Waals surface area contributed by atoms with E-state index in [0.717, 1.165) is 42.1 Å². The number of hydrogen-bond donors (Lipinski definition) is 3. The van der Waals surface area contributed by atoms with E-state index in [1.54, 1.807) is 24.3 Å². The van der Waals surface area contributed by atoms with E-state index >= 15 is 0 Å². The zero-order valence-electron chi connectivity index (χ0n) is 14.6.